The number of aliphatic hydroxyl groups is 1. The molecule has 0 bridgehead atoms. The van der Waals surface area contributed by atoms with Crippen LogP contribution >= 0.6 is 0 Å². The van der Waals surface area contributed by atoms with Gasteiger partial charge in [0.2, 0.25) is 9.84 Å². The summed E-state index contributed by atoms with van der Waals surface area (Å²) in [6, 6.07) is 6.75. The highest BCUT2D eigenvalue weighted by Gasteiger charge is 2.40. The Balaban J connectivity index is 2.47. The Kier molecular flexibility index (Phi) is 4.04. The third-order valence-corrected chi connectivity index (χ3v) is 5.40. The van der Waals surface area contributed by atoms with Crippen LogP contribution in [0.4, 0.5) is 0 Å². The van der Waals surface area contributed by atoms with Crippen molar-refractivity contribution in [1.29, 1.82) is 0 Å². The molecule has 0 saturated carbocycles. The molecule has 0 radical (unpaired) electrons. The Labute approximate surface area is 120 Å². The number of aliphatic hydroxyl groups excluding tert-OH is 1. The van der Waals surface area contributed by atoms with Crippen LogP contribution < -0.4 is 0 Å². The molecular weight excluding hydrogens is 276 g/mol. The summed E-state index contributed by atoms with van der Waals surface area (Å²) >= 11 is 0. The first-order valence-electron chi connectivity index (χ1n) is 6.65. The predicted molar refractivity (Wildman–Crippen MR) is 77.1 cm³/mol. The predicted octanol–water partition coefficient (Wildman–Crippen LogP) is 2.21. The van der Waals surface area contributed by atoms with E-state index in [1.165, 1.54) is 6.08 Å². The Hall–Kier alpha value is -1.17. The van der Waals surface area contributed by atoms with Gasteiger partial charge in [0, 0.05) is 0 Å². The summed E-state index contributed by atoms with van der Waals surface area (Å²) in [5.41, 5.74) is 0.0844. The Bertz CT molecular complexity index is 616. The summed E-state index contributed by atoms with van der Waals surface area (Å²) < 4.78 is 31.0. The van der Waals surface area contributed by atoms with Crippen molar-refractivity contribution in [2.45, 2.75) is 43.8 Å². The molecule has 1 heterocycles. The molecule has 1 aromatic rings. The molecule has 5 heteroatoms. The maximum atomic E-state index is 12.7. The van der Waals surface area contributed by atoms with Crippen LogP contribution in [0.15, 0.2) is 40.1 Å². The SMILES string of the molecule is CC[C@@H]1O[C@@](C)(CO)C=C1S(=O)(=O)c1ccc(C)cc1. The van der Waals surface area contributed by atoms with Crippen molar-refractivity contribution in [1.82, 2.24) is 0 Å². The second-order valence-corrected chi connectivity index (χ2v) is 7.30. The van der Waals surface area contributed by atoms with Crippen molar-refractivity contribution in [3.8, 4) is 0 Å². The molecule has 1 aliphatic rings. The molecule has 110 valence electrons. The van der Waals surface area contributed by atoms with Crippen molar-refractivity contribution >= 4 is 9.84 Å². The molecule has 1 aliphatic heterocycles. The molecule has 0 unspecified atom stereocenters. The van der Waals surface area contributed by atoms with E-state index in [1.807, 2.05) is 13.8 Å². The summed E-state index contributed by atoms with van der Waals surface area (Å²) in [5, 5.41) is 9.36. The van der Waals surface area contributed by atoms with Crippen LogP contribution in [0.5, 0.6) is 0 Å². The van der Waals surface area contributed by atoms with E-state index >= 15 is 0 Å². The van der Waals surface area contributed by atoms with Crippen LogP contribution in [0.25, 0.3) is 0 Å². The van der Waals surface area contributed by atoms with Crippen molar-refractivity contribution in [2.24, 2.45) is 0 Å². The summed E-state index contributed by atoms with van der Waals surface area (Å²) in [6.07, 6.45) is 1.58. The third-order valence-electron chi connectivity index (χ3n) is 3.50. The van der Waals surface area contributed by atoms with E-state index in [-0.39, 0.29) is 16.4 Å². The smallest absolute Gasteiger partial charge is 0.205 e. The van der Waals surface area contributed by atoms with E-state index in [0.717, 1.165) is 5.56 Å². The zero-order valence-corrected chi connectivity index (χ0v) is 12.8. The lowest BCUT2D eigenvalue weighted by atomic mass is 10.1. The van der Waals surface area contributed by atoms with Gasteiger partial charge >= 0.3 is 0 Å². The molecule has 1 N–H and O–H groups in total. The molecule has 0 spiro atoms. The Morgan fingerprint density at radius 1 is 1.30 bits per heavy atom. The number of sulfone groups is 1. The average molecular weight is 296 g/mol. The zero-order valence-electron chi connectivity index (χ0n) is 12.0. The third kappa shape index (κ3) is 2.66. The molecular formula is C15H20O4S. The summed E-state index contributed by atoms with van der Waals surface area (Å²) in [6.45, 7) is 5.22. The largest absolute Gasteiger partial charge is 0.393 e. The molecule has 2 rings (SSSR count). The fourth-order valence-electron chi connectivity index (χ4n) is 2.28. The number of aryl methyl sites for hydroxylation is 1. The van der Waals surface area contributed by atoms with Gasteiger partial charge in [0.1, 0.15) is 5.60 Å². The maximum Gasteiger partial charge on any atom is 0.205 e. The second kappa shape index (κ2) is 5.31. The molecule has 0 saturated heterocycles. The van der Waals surface area contributed by atoms with E-state index in [1.54, 1.807) is 31.2 Å². The van der Waals surface area contributed by atoms with Crippen LogP contribution in [0.2, 0.25) is 0 Å². The molecule has 1 aromatic carbocycles. The molecule has 0 aliphatic carbocycles. The monoisotopic (exact) mass is 296 g/mol. The van der Waals surface area contributed by atoms with Gasteiger partial charge in [-0.1, -0.05) is 24.6 Å². The molecule has 0 fully saturated rings. The first-order valence-corrected chi connectivity index (χ1v) is 8.14. The van der Waals surface area contributed by atoms with Crippen LogP contribution in [-0.4, -0.2) is 31.8 Å². The van der Waals surface area contributed by atoms with Crippen molar-refractivity contribution in [3.05, 3.63) is 40.8 Å². The minimum atomic E-state index is -3.57. The molecule has 20 heavy (non-hydrogen) atoms. The number of hydrogen-bond acceptors (Lipinski definition) is 4. The molecule has 0 amide bonds. The Morgan fingerprint density at radius 3 is 2.40 bits per heavy atom. The normalized spacial score (nSPS) is 26.6. The van der Waals surface area contributed by atoms with Gasteiger partial charge in [-0.25, -0.2) is 8.42 Å². The minimum Gasteiger partial charge on any atom is -0.393 e. The second-order valence-electron chi connectivity index (χ2n) is 5.35. The van der Waals surface area contributed by atoms with Gasteiger partial charge in [-0.3, -0.25) is 0 Å². The van der Waals surface area contributed by atoms with Crippen LogP contribution in [0.3, 0.4) is 0 Å². The number of ether oxygens (including phenoxy) is 1. The standard InChI is InChI=1S/C15H20O4S/c1-4-13-14(9-15(3,10-16)19-13)20(17,18)12-7-5-11(2)6-8-12/h5-9,13,16H,4,10H2,1-3H3/t13-,15+/m0/s1. The number of hydrogen-bond donors (Lipinski definition) is 1. The van der Waals surface area contributed by atoms with Gasteiger partial charge in [0.25, 0.3) is 0 Å². The van der Waals surface area contributed by atoms with E-state index < -0.39 is 21.5 Å². The highest BCUT2D eigenvalue weighted by Crippen LogP contribution is 2.36. The van der Waals surface area contributed by atoms with E-state index in [2.05, 4.69) is 0 Å². The van der Waals surface area contributed by atoms with Gasteiger partial charge in [0.05, 0.1) is 22.5 Å². The van der Waals surface area contributed by atoms with Gasteiger partial charge in [-0.05, 0) is 38.5 Å². The summed E-state index contributed by atoms with van der Waals surface area (Å²) in [7, 11) is -3.57. The summed E-state index contributed by atoms with van der Waals surface area (Å²) in [4.78, 5) is 0.513. The molecule has 4 nitrogen and oxygen atoms in total. The lowest BCUT2D eigenvalue weighted by Crippen LogP contribution is -2.29. The highest BCUT2D eigenvalue weighted by molar-refractivity contribution is 7.95. The number of rotatable bonds is 4. The van der Waals surface area contributed by atoms with Crippen molar-refractivity contribution < 1.29 is 18.3 Å². The van der Waals surface area contributed by atoms with E-state index in [4.69, 9.17) is 4.74 Å². The van der Waals surface area contributed by atoms with Gasteiger partial charge in [0.15, 0.2) is 0 Å². The lowest BCUT2D eigenvalue weighted by molar-refractivity contribution is -0.0457. The first-order chi connectivity index (χ1) is 9.32. The average Bonchev–Trinajstić information content (AvgIpc) is 2.78. The Morgan fingerprint density at radius 2 is 1.90 bits per heavy atom. The quantitative estimate of drug-likeness (QED) is 0.925. The van der Waals surface area contributed by atoms with Crippen LogP contribution in [0.1, 0.15) is 25.8 Å². The van der Waals surface area contributed by atoms with E-state index in [9.17, 15) is 13.5 Å². The van der Waals surface area contributed by atoms with Crippen LogP contribution in [0, 0.1) is 6.92 Å². The van der Waals surface area contributed by atoms with Gasteiger partial charge < -0.3 is 9.84 Å². The van der Waals surface area contributed by atoms with Crippen molar-refractivity contribution in [2.75, 3.05) is 6.61 Å². The fourth-order valence-corrected chi connectivity index (χ4v) is 4.01. The maximum absolute atomic E-state index is 12.7. The minimum absolute atomic E-state index is 0.240. The van der Waals surface area contributed by atoms with E-state index in [0.29, 0.717) is 6.42 Å². The fraction of sp³-hybridized carbons (Fsp3) is 0.467. The van der Waals surface area contributed by atoms with Gasteiger partial charge in [-0.2, -0.15) is 0 Å². The number of benzene rings is 1. The van der Waals surface area contributed by atoms with Crippen LogP contribution in [-0.2, 0) is 14.6 Å². The topological polar surface area (TPSA) is 63.6 Å². The zero-order chi connectivity index (χ0) is 15.0. The van der Waals surface area contributed by atoms with Gasteiger partial charge in [-0.15, -0.1) is 0 Å². The summed E-state index contributed by atoms with van der Waals surface area (Å²) in [5.74, 6) is 0. The first kappa shape index (κ1) is 15.2. The highest BCUT2D eigenvalue weighted by atomic mass is 32.2. The molecule has 2 atom stereocenters. The molecule has 0 aromatic heterocycles. The lowest BCUT2D eigenvalue weighted by Gasteiger charge is -2.21. The van der Waals surface area contributed by atoms with Crippen molar-refractivity contribution in [3.63, 3.8) is 0 Å².